The van der Waals surface area contributed by atoms with E-state index in [1.807, 2.05) is 6.92 Å². The van der Waals surface area contributed by atoms with Crippen molar-refractivity contribution in [2.75, 3.05) is 6.61 Å². The molecule has 5 radical (unpaired) electrons. The van der Waals surface area contributed by atoms with Crippen LogP contribution in [-0.4, -0.2) is 78.7 Å². The van der Waals surface area contributed by atoms with E-state index in [1.54, 1.807) is 13.0 Å². The smallest absolute Gasteiger partial charge is 1.00 e. The number of carbonyl (C=O) groups excluding carboxylic acids is 1. The Morgan fingerprint density at radius 2 is 1.50 bits per heavy atom. The molecule has 0 aromatic carbocycles. The number of hydrogen-bond donors (Lipinski definition) is 4. The zero-order valence-corrected chi connectivity index (χ0v) is 28.6. The predicted octanol–water partition coefficient (Wildman–Crippen LogP) is 1.15. The van der Waals surface area contributed by atoms with Crippen molar-refractivity contribution < 1.29 is 82.8 Å². The summed E-state index contributed by atoms with van der Waals surface area (Å²) in [6.45, 7) is 9.36. The molecule has 1 unspecified atom stereocenters. The van der Waals surface area contributed by atoms with Crippen molar-refractivity contribution in [1.82, 2.24) is 15.0 Å². The number of ether oxygens (including phenoxy) is 1. The molecule has 0 fully saturated rings. The predicted molar refractivity (Wildman–Crippen MR) is 146 cm³/mol. The topological polar surface area (TPSA) is 146 Å². The van der Waals surface area contributed by atoms with Gasteiger partial charge in [-0.05, 0) is 43.3 Å². The van der Waals surface area contributed by atoms with E-state index in [2.05, 4.69) is 21.5 Å². The van der Waals surface area contributed by atoms with E-state index in [0.717, 1.165) is 32.9 Å². The molecule has 0 saturated heterocycles. The molecular weight excluding hydrogens is 721 g/mol. The van der Waals surface area contributed by atoms with Crippen molar-refractivity contribution in [3.05, 3.63) is 81.9 Å². The zero-order chi connectivity index (χ0) is 26.1. The van der Waals surface area contributed by atoms with Crippen LogP contribution < -0.4 is 29.6 Å². The fourth-order valence-corrected chi connectivity index (χ4v) is 2.38. The summed E-state index contributed by atoms with van der Waals surface area (Å²) in [5, 5.41) is 35.6. The Kier molecular flexibility index (Phi) is 33.7. The molecule has 205 valence electrons. The van der Waals surface area contributed by atoms with Crippen molar-refractivity contribution in [3.8, 4) is 17.2 Å². The molecule has 0 saturated carbocycles. The van der Waals surface area contributed by atoms with Gasteiger partial charge in [-0.3, -0.25) is 9.78 Å². The van der Waals surface area contributed by atoms with Crippen molar-refractivity contribution in [2.24, 2.45) is 0 Å². The van der Waals surface area contributed by atoms with Crippen molar-refractivity contribution in [3.63, 3.8) is 0 Å². The average Bonchev–Trinajstić information content (AvgIpc) is 2.78. The van der Waals surface area contributed by atoms with Crippen LogP contribution in [0.4, 0.5) is 0 Å². The van der Waals surface area contributed by atoms with Crippen molar-refractivity contribution in [1.29, 1.82) is 0 Å². The van der Waals surface area contributed by atoms with Gasteiger partial charge in [0.15, 0.2) is 5.78 Å². The Hall–Kier alpha value is -1.16. The second-order valence-corrected chi connectivity index (χ2v) is 8.54. The molecule has 38 heavy (non-hydrogen) atoms. The second kappa shape index (κ2) is 27.4. The monoisotopic (exact) mass is 755 g/mol. The molecule has 0 aliphatic carbocycles. The summed E-state index contributed by atoms with van der Waals surface area (Å²) in [5.74, 6) is 0.226. The number of rotatable bonds is 4. The van der Waals surface area contributed by atoms with E-state index >= 15 is 0 Å². The summed E-state index contributed by atoms with van der Waals surface area (Å²) in [4.78, 5) is 21.7. The van der Waals surface area contributed by atoms with Gasteiger partial charge in [0.25, 0.3) is 0 Å². The average molecular weight is 755 g/mol. The number of pyridine rings is 3. The molecule has 0 aliphatic rings. The number of hydrogen-bond acceptors (Lipinski definition) is 9. The van der Waals surface area contributed by atoms with Gasteiger partial charge in [0.05, 0.1) is 30.4 Å². The first-order valence-electron chi connectivity index (χ1n) is 9.82. The van der Waals surface area contributed by atoms with E-state index in [-0.39, 0.29) is 91.7 Å². The third-order valence-corrected chi connectivity index (χ3v) is 4.05. The summed E-state index contributed by atoms with van der Waals surface area (Å²) in [6.07, 6.45) is 3.28. The Balaban J connectivity index is -0.0000000702. The minimum atomic E-state index is -0.569. The van der Waals surface area contributed by atoms with Gasteiger partial charge >= 0.3 is 82.1 Å². The molecule has 3 heterocycles. The van der Waals surface area contributed by atoms with Gasteiger partial charge in [-0.25, -0.2) is 9.97 Å². The van der Waals surface area contributed by atoms with Gasteiger partial charge in [0, 0.05) is 35.8 Å². The Labute approximate surface area is 283 Å². The first kappa shape index (κ1) is 46.7. The first-order valence-corrected chi connectivity index (χ1v) is 11.8. The molecule has 0 amide bonds. The number of nitrogens with zero attached hydrogens (tertiary/aromatic N) is 3. The Bertz CT molecular complexity index is 996. The molecule has 0 spiro atoms. The number of aromatic hydroxyl groups is 3. The van der Waals surface area contributed by atoms with Gasteiger partial charge in [-0.15, -0.1) is 0 Å². The number of halogens is 1. The number of aliphatic hydroxyl groups excluding tert-OH is 1. The standard InChI is InChI=1S/C7H9NO2.C7H7NO2.C5H4ClNO.C4H7O.CH4.B.Na.Pd.Sn.2H/c2*1-5(9)7-3-2-6(10)4-8-7;6-5-2-1-4(8)3-7-5;1-3-5-4-2;;;;;;;/h2-5,9-10H,1H3;2-4,10H,1H3;1-3,8H;1,4H2,2H3;1H4;;;;;;/q;;;;;;+1;;;;-1/p+1. The number of carbonyl (C=O) groups is 1. The van der Waals surface area contributed by atoms with Crippen LogP contribution in [0.25, 0.3) is 0 Å². The van der Waals surface area contributed by atoms with Crippen molar-refractivity contribution >= 4 is 48.3 Å². The fourth-order valence-electron chi connectivity index (χ4n) is 1.79. The van der Waals surface area contributed by atoms with Crippen LogP contribution >= 0.6 is 11.6 Å². The summed E-state index contributed by atoms with van der Waals surface area (Å²) in [7, 11) is 0. The summed E-state index contributed by atoms with van der Waals surface area (Å²) < 4.78 is 5.82. The molecule has 3 aromatic heterocycles. The molecule has 3 aromatic rings. The van der Waals surface area contributed by atoms with E-state index < -0.39 is 6.10 Å². The van der Waals surface area contributed by atoms with Crippen LogP contribution in [-0.2, 0) is 25.2 Å². The van der Waals surface area contributed by atoms with Crippen LogP contribution in [0.2, 0.25) is 5.15 Å². The molecule has 1 atom stereocenters. The summed E-state index contributed by atoms with van der Waals surface area (Å²) in [5.41, 5.74) is 0.940. The SMILES string of the molecule is C.C=[C]([SnH])OCC.CC(=O)c1ccc(O)cn1.CC(O)c1ccc(O)cn1.Oc1ccc(Cl)nc1.[B].[H+].[H-].[Na+].[Pd]. The molecule has 14 heteroatoms. The molecular formula is C24H34BClN3NaO6PdSn+. The van der Waals surface area contributed by atoms with Crippen LogP contribution in [0.15, 0.2) is 65.3 Å². The Morgan fingerprint density at radius 1 is 1.05 bits per heavy atom. The van der Waals surface area contributed by atoms with Gasteiger partial charge < -0.3 is 21.9 Å². The van der Waals surface area contributed by atoms with E-state index in [9.17, 15) is 4.79 Å². The Morgan fingerprint density at radius 3 is 1.74 bits per heavy atom. The van der Waals surface area contributed by atoms with Gasteiger partial charge in [0.1, 0.15) is 28.1 Å². The minimum Gasteiger partial charge on any atom is -1.00 e. The van der Waals surface area contributed by atoms with Gasteiger partial charge in [0.2, 0.25) is 0 Å². The molecule has 0 aliphatic heterocycles. The number of aliphatic hydroxyl groups is 1. The van der Waals surface area contributed by atoms with Crippen molar-refractivity contribution in [2.45, 2.75) is 34.3 Å². The van der Waals surface area contributed by atoms with Crippen LogP contribution in [0, 0.1) is 0 Å². The molecule has 0 bridgehead atoms. The van der Waals surface area contributed by atoms with Gasteiger partial charge in [-0.1, -0.05) is 19.0 Å². The van der Waals surface area contributed by atoms with E-state index in [0.29, 0.717) is 16.5 Å². The fraction of sp³-hybridized carbons (Fsp3) is 0.250. The minimum absolute atomic E-state index is 0. The van der Waals surface area contributed by atoms with Gasteiger partial charge in [-0.2, -0.15) is 0 Å². The maximum atomic E-state index is 10.6. The first-order chi connectivity index (χ1) is 16.0. The van der Waals surface area contributed by atoms with Crippen LogP contribution in [0.3, 0.4) is 0 Å². The molecule has 4 N–H and O–H groups in total. The second-order valence-electron chi connectivity index (χ2n) is 6.31. The third-order valence-electron chi connectivity index (χ3n) is 3.35. The number of ketones is 1. The maximum Gasteiger partial charge on any atom is 1.00 e. The number of aromatic nitrogens is 3. The maximum absolute atomic E-state index is 10.6. The zero-order valence-electron chi connectivity index (χ0n) is 23.0. The van der Waals surface area contributed by atoms with E-state index in [4.69, 9.17) is 36.8 Å². The van der Waals surface area contributed by atoms with Crippen LogP contribution in [0.5, 0.6) is 17.2 Å². The summed E-state index contributed by atoms with van der Waals surface area (Å²) in [6, 6.07) is 9.00. The van der Waals surface area contributed by atoms with E-state index in [1.165, 1.54) is 55.8 Å². The third kappa shape index (κ3) is 25.1. The number of Topliss-reactive ketones (excluding diaryl/α,β-unsaturated/α-hetero) is 1. The molecule has 9 nitrogen and oxygen atoms in total. The largest absolute Gasteiger partial charge is 1.00 e. The summed E-state index contributed by atoms with van der Waals surface area (Å²) >= 11 is 6.41. The quantitative estimate of drug-likeness (QED) is 0.134. The van der Waals surface area contributed by atoms with Crippen LogP contribution in [0.1, 0.15) is 53.3 Å². The molecule has 3 rings (SSSR count). The normalized spacial score (nSPS) is 9.00.